The maximum absolute atomic E-state index is 5.36. The predicted molar refractivity (Wildman–Crippen MR) is 87.3 cm³/mol. The number of ether oxygens (including phenoxy) is 1. The summed E-state index contributed by atoms with van der Waals surface area (Å²) in [7, 11) is 0. The van der Waals surface area contributed by atoms with E-state index in [1.54, 1.807) is 0 Å². The van der Waals surface area contributed by atoms with Crippen molar-refractivity contribution < 1.29 is 4.74 Å². The highest BCUT2D eigenvalue weighted by Crippen LogP contribution is 2.23. The summed E-state index contributed by atoms with van der Waals surface area (Å²) >= 11 is 3.51. The van der Waals surface area contributed by atoms with Crippen molar-refractivity contribution in [2.45, 2.75) is 20.8 Å². The van der Waals surface area contributed by atoms with Crippen molar-refractivity contribution in [1.29, 1.82) is 0 Å². The van der Waals surface area contributed by atoms with Gasteiger partial charge in [0.25, 0.3) is 0 Å². The van der Waals surface area contributed by atoms with E-state index in [0.717, 1.165) is 16.7 Å². The van der Waals surface area contributed by atoms with Crippen LogP contribution in [0, 0.1) is 6.92 Å². The number of halogens is 1. The number of aryl methyl sites for hydroxylation is 1. The van der Waals surface area contributed by atoms with Gasteiger partial charge in [-0.1, -0.05) is 22.0 Å². The Kier molecular flexibility index (Phi) is 5.32. The second-order valence-corrected chi connectivity index (χ2v) is 5.17. The van der Waals surface area contributed by atoms with Crippen LogP contribution in [0.1, 0.15) is 19.4 Å². The van der Waals surface area contributed by atoms with Gasteiger partial charge in [-0.2, -0.15) is 15.0 Å². The Bertz CT molecular complexity index is 596. The standard InChI is InChI=1S/C14H18BrN5O/c1-4-16-12-18-13(20-14(19-12)21-5-2)17-10-7-6-9(3)11(15)8-10/h6-8H,4-5H2,1-3H3,(H2,16,17,18,19,20). The van der Waals surface area contributed by atoms with Gasteiger partial charge in [-0.3, -0.25) is 0 Å². The van der Waals surface area contributed by atoms with Crippen LogP contribution < -0.4 is 15.4 Å². The number of aromatic nitrogens is 3. The van der Waals surface area contributed by atoms with Gasteiger partial charge in [0.15, 0.2) is 0 Å². The van der Waals surface area contributed by atoms with Crippen LogP contribution in [0.25, 0.3) is 0 Å². The zero-order valence-electron chi connectivity index (χ0n) is 12.3. The first-order valence-electron chi connectivity index (χ1n) is 6.78. The average Bonchev–Trinajstić information content (AvgIpc) is 2.43. The smallest absolute Gasteiger partial charge is 0.323 e. The van der Waals surface area contributed by atoms with Gasteiger partial charge in [-0.15, -0.1) is 0 Å². The molecule has 0 aliphatic heterocycles. The molecular formula is C14H18BrN5O. The minimum atomic E-state index is 0.303. The molecule has 0 aliphatic rings. The van der Waals surface area contributed by atoms with Gasteiger partial charge >= 0.3 is 6.01 Å². The lowest BCUT2D eigenvalue weighted by atomic mass is 10.2. The van der Waals surface area contributed by atoms with Gasteiger partial charge < -0.3 is 15.4 Å². The van der Waals surface area contributed by atoms with Crippen molar-refractivity contribution >= 4 is 33.5 Å². The van der Waals surface area contributed by atoms with E-state index in [0.29, 0.717) is 24.5 Å². The number of nitrogens with zero attached hydrogens (tertiary/aromatic N) is 3. The van der Waals surface area contributed by atoms with Gasteiger partial charge in [0.2, 0.25) is 11.9 Å². The molecule has 2 aromatic rings. The van der Waals surface area contributed by atoms with Gasteiger partial charge in [0.05, 0.1) is 6.61 Å². The van der Waals surface area contributed by atoms with Crippen LogP contribution in [0.15, 0.2) is 22.7 Å². The summed E-state index contributed by atoms with van der Waals surface area (Å²) in [5.41, 5.74) is 2.06. The molecule has 0 unspecified atom stereocenters. The molecule has 1 aromatic carbocycles. The molecule has 0 bridgehead atoms. The van der Waals surface area contributed by atoms with E-state index in [-0.39, 0.29) is 0 Å². The Morgan fingerprint density at radius 3 is 2.57 bits per heavy atom. The zero-order chi connectivity index (χ0) is 15.2. The van der Waals surface area contributed by atoms with Crippen molar-refractivity contribution in [2.24, 2.45) is 0 Å². The maximum atomic E-state index is 5.36. The summed E-state index contributed by atoms with van der Waals surface area (Å²) in [6.45, 7) is 7.14. The third-order valence-electron chi connectivity index (χ3n) is 2.65. The molecule has 0 radical (unpaired) electrons. The summed E-state index contributed by atoms with van der Waals surface area (Å²) in [5.74, 6) is 0.935. The molecule has 1 heterocycles. The highest BCUT2D eigenvalue weighted by atomic mass is 79.9. The van der Waals surface area contributed by atoms with Crippen LogP contribution in [0.5, 0.6) is 6.01 Å². The van der Waals surface area contributed by atoms with Crippen molar-refractivity contribution in [2.75, 3.05) is 23.8 Å². The fourth-order valence-electron chi connectivity index (χ4n) is 1.64. The first-order chi connectivity index (χ1) is 10.1. The van der Waals surface area contributed by atoms with Crippen LogP contribution in [0.4, 0.5) is 17.6 Å². The van der Waals surface area contributed by atoms with Crippen LogP contribution in [0.2, 0.25) is 0 Å². The minimum absolute atomic E-state index is 0.303. The van der Waals surface area contributed by atoms with Crippen molar-refractivity contribution in [3.63, 3.8) is 0 Å². The fraction of sp³-hybridized carbons (Fsp3) is 0.357. The van der Waals surface area contributed by atoms with Gasteiger partial charge in [-0.05, 0) is 38.5 Å². The summed E-state index contributed by atoms with van der Waals surface area (Å²) in [4.78, 5) is 12.7. The van der Waals surface area contributed by atoms with Crippen molar-refractivity contribution in [3.05, 3.63) is 28.2 Å². The van der Waals surface area contributed by atoms with Crippen LogP contribution in [-0.4, -0.2) is 28.1 Å². The largest absolute Gasteiger partial charge is 0.464 e. The Balaban J connectivity index is 2.26. The van der Waals surface area contributed by atoms with Gasteiger partial charge in [0, 0.05) is 16.7 Å². The first kappa shape index (κ1) is 15.5. The SMILES string of the molecule is CCNc1nc(Nc2ccc(C)c(Br)c2)nc(OCC)n1. The third kappa shape index (κ3) is 4.29. The van der Waals surface area contributed by atoms with E-state index in [9.17, 15) is 0 Å². The summed E-state index contributed by atoms with van der Waals surface area (Å²) in [5, 5.41) is 6.22. The van der Waals surface area contributed by atoms with E-state index >= 15 is 0 Å². The van der Waals surface area contributed by atoms with Crippen LogP contribution in [-0.2, 0) is 0 Å². The molecule has 0 atom stereocenters. The predicted octanol–water partition coefficient (Wildman–Crippen LogP) is 3.52. The highest BCUT2D eigenvalue weighted by Gasteiger charge is 2.07. The van der Waals surface area contributed by atoms with Crippen LogP contribution in [0.3, 0.4) is 0 Å². The lowest BCUT2D eigenvalue weighted by Crippen LogP contribution is -2.09. The molecular weight excluding hydrogens is 334 g/mol. The molecule has 0 saturated carbocycles. The molecule has 7 heteroatoms. The lowest BCUT2D eigenvalue weighted by molar-refractivity contribution is 0.312. The molecule has 0 aliphatic carbocycles. The summed E-state index contributed by atoms with van der Waals surface area (Å²) in [6, 6.07) is 6.27. The highest BCUT2D eigenvalue weighted by molar-refractivity contribution is 9.10. The van der Waals surface area contributed by atoms with Gasteiger partial charge in [0.1, 0.15) is 0 Å². The van der Waals surface area contributed by atoms with Crippen molar-refractivity contribution in [1.82, 2.24) is 15.0 Å². The number of rotatable bonds is 6. The summed E-state index contributed by atoms with van der Waals surface area (Å²) < 4.78 is 6.39. The molecule has 2 rings (SSSR count). The zero-order valence-corrected chi connectivity index (χ0v) is 13.9. The second-order valence-electron chi connectivity index (χ2n) is 4.32. The Hall–Kier alpha value is -1.89. The van der Waals surface area contributed by atoms with Crippen molar-refractivity contribution in [3.8, 4) is 6.01 Å². The van der Waals surface area contributed by atoms with Crippen LogP contribution >= 0.6 is 15.9 Å². The molecule has 1 aromatic heterocycles. The molecule has 0 spiro atoms. The molecule has 0 fully saturated rings. The maximum Gasteiger partial charge on any atom is 0.323 e. The van der Waals surface area contributed by atoms with E-state index in [1.807, 2.05) is 39.0 Å². The average molecular weight is 352 g/mol. The Labute approximate surface area is 132 Å². The topological polar surface area (TPSA) is 72.0 Å². The molecule has 0 saturated heterocycles. The molecule has 2 N–H and O–H groups in total. The molecule has 6 nitrogen and oxygen atoms in total. The number of anilines is 3. The fourth-order valence-corrected chi connectivity index (χ4v) is 2.02. The Morgan fingerprint density at radius 2 is 1.90 bits per heavy atom. The lowest BCUT2D eigenvalue weighted by Gasteiger charge is -2.10. The first-order valence-corrected chi connectivity index (χ1v) is 7.57. The van der Waals surface area contributed by atoms with E-state index in [4.69, 9.17) is 4.74 Å². The molecule has 112 valence electrons. The van der Waals surface area contributed by atoms with Gasteiger partial charge in [-0.25, -0.2) is 0 Å². The number of benzene rings is 1. The summed E-state index contributed by atoms with van der Waals surface area (Å²) in [6.07, 6.45) is 0. The number of hydrogen-bond acceptors (Lipinski definition) is 6. The molecule has 0 amide bonds. The number of hydrogen-bond donors (Lipinski definition) is 2. The second kappa shape index (κ2) is 7.21. The number of nitrogens with one attached hydrogen (secondary N) is 2. The minimum Gasteiger partial charge on any atom is -0.464 e. The molecule has 21 heavy (non-hydrogen) atoms. The van der Waals surface area contributed by atoms with E-state index in [1.165, 1.54) is 5.56 Å². The van der Waals surface area contributed by atoms with E-state index in [2.05, 4.69) is 41.5 Å². The quantitative estimate of drug-likeness (QED) is 0.829. The third-order valence-corrected chi connectivity index (χ3v) is 3.51. The Morgan fingerprint density at radius 1 is 1.14 bits per heavy atom. The van der Waals surface area contributed by atoms with E-state index < -0.39 is 0 Å². The monoisotopic (exact) mass is 351 g/mol. The normalized spacial score (nSPS) is 10.3.